The van der Waals surface area contributed by atoms with Gasteiger partial charge < -0.3 is 49.3 Å². The molecule has 0 unspecified atom stereocenters. The normalized spacial score (nSPS) is 14.7. The molecule has 0 spiro atoms. The van der Waals surface area contributed by atoms with Gasteiger partial charge in [0, 0.05) is 22.3 Å². The number of fused-ring (bicyclic) bond motifs is 12. The van der Waals surface area contributed by atoms with Gasteiger partial charge in [-0.05, 0) is 47.5 Å². The average Bonchev–Trinajstić information content (AvgIpc) is 3.03. The smallest absolute Gasteiger partial charge is 0.167 e. The van der Waals surface area contributed by atoms with E-state index in [0.717, 1.165) is 0 Å². The van der Waals surface area contributed by atoms with E-state index in [1.165, 1.54) is 51.2 Å². The van der Waals surface area contributed by atoms with E-state index in [0.29, 0.717) is 22.3 Å². The van der Waals surface area contributed by atoms with Gasteiger partial charge in [-0.25, -0.2) is 0 Å². The first-order valence-electron chi connectivity index (χ1n) is 13.1. The summed E-state index contributed by atoms with van der Waals surface area (Å²) in [5.41, 5.74) is 2.40. The first kappa shape index (κ1) is 31.0. The maximum absolute atomic E-state index is 10.6. The lowest BCUT2D eigenvalue weighted by molar-refractivity contribution is 0.0552. The number of phenolic OH excluding ortho intramolecular Hbond substituents is 4. The van der Waals surface area contributed by atoms with Crippen LogP contribution in [-0.4, -0.2) is 85.9 Å². The van der Waals surface area contributed by atoms with E-state index >= 15 is 0 Å². The van der Waals surface area contributed by atoms with Gasteiger partial charge >= 0.3 is 0 Å². The first-order valence-corrected chi connectivity index (χ1v) is 13.1. The van der Waals surface area contributed by atoms with Gasteiger partial charge in [0.05, 0.1) is 39.1 Å². The van der Waals surface area contributed by atoms with Crippen LogP contribution in [0.5, 0.6) is 34.5 Å². The third-order valence-corrected chi connectivity index (χ3v) is 5.97. The molecular weight excluding hydrogens is 576 g/mol. The molecule has 2 aliphatic heterocycles. The lowest BCUT2D eigenvalue weighted by atomic mass is 10.1. The van der Waals surface area contributed by atoms with Crippen LogP contribution in [0.2, 0.25) is 0 Å². The van der Waals surface area contributed by atoms with E-state index in [4.69, 9.17) is 28.8 Å². The number of ether oxygens (including phenoxy) is 2. The summed E-state index contributed by atoms with van der Waals surface area (Å²) in [7, 11) is 2.86. The maximum atomic E-state index is 10.6. The van der Waals surface area contributed by atoms with Gasteiger partial charge in [-0.15, -0.1) is 0 Å². The molecule has 44 heavy (non-hydrogen) atoms. The van der Waals surface area contributed by atoms with Crippen molar-refractivity contribution in [2.75, 3.05) is 40.6 Å². The molecule has 3 aromatic rings. The first-order chi connectivity index (χ1) is 21.4. The standard InChI is InChI=1S/C30H30N4O10/c1-39-25-13-19-3-4-20-12-24(28(36)26(14-20)40-2)18-34-44-10-8-42-32-16-22-6-5-21(29(37)30(22)38)15-31-41-7-9-43-33-17-23(11-19)27(25)35/h3-6,11-18,35-38H,7-10H2,1-2H3/b4-3?,31-15-,32-16?,33-17?,34-18?. The highest BCUT2D eigenvalue weighted by atomic mass is 16.7. The van der Waals surface area contributed by atoms with Crippen LogP contribution < -0.4 is 9.47 Å². The van der Waals surface area contributed by atoms with E-state index in [-0.39, 0.29) is 60.6 Å². The number of methoxy groups -OCH3 is 2. The summed E-state index contributed by atoms with van der Waals surface area (Å²) in [6.45, 7) is 0.0924. The summed E-state index contributed by atoms with van der Waals surface area (Å²) in [5.74, 6) is -0.679. The molecule has 0 atom stereocenters. The van der Waals surface area contributed by atoms with Crippen molar-refractivity contribution in [2.45, 2.75) is 0 Å². The van der Waals surface area contributed by atoms with Gasteiger partial charge in [0.25, 0.3) is 0 Å². The van der Waals surface area contributed by atoms with Gasteiger partial charge in [0.15, 0.2) is 60.9 Å². The Morgan fingerprint density at radius 1 is 0.500 bits per heavy atom. The van der Waals surface area contributed by atoms with Crippen LogP contribution in [0.25, 0.3) is 12.2 Å². The lowest BCUT2D eigenvalue weighted by Gasteiger charge is -2.09. The number of aromatic hydroxyl groups is 4. The second-order valence-corrected chi connectivity index (χ2v) is 8.87. The number of benzene rings is 3. The fraction of sp³-hybridized carbons (Fsp3) is 0.200. The fourth-order valence-electron chi connectivity index (χ4n) is 3.75. The van der Waals surface area contributed by atoms with Crippen LogP contribution in [-0.2, 0) is 19.4 Å². The molecule has 6 bridgehead atoms. The van der Waals surface area contributed by atoms with E-state index in [1.807, 2.05) is 0 Å². The molecule has 0 saturated heterocycles. The average molecular weight is 607 g/mol. The molecule has 0 aliphatic carbocycles. The number of phenols is 4. The Kier molecular flexibility index (Phi) is 10.8. The highest BCUT2D eigenvalue weighted by molar-refractivity contribution is 5.91. The molecule has 14 nitrogen and oxygen atoms in total. The van der Waals surface area contributed by atoms with Crippen LogP contribution in [0.15, 0.2) is 57.0 Å². The predicted molar refractivity (Wildman–Crippen MR) is 162 cm³/mol. The third-order valence-electron chi connectivity index (χ3n) is 5.97. The largest absolute Gasteiger partial charge is 0.504 e. The SMILES string of the molecule is COc1cc2cc(c1O)C=NOCCON=Cc1ccc(c(O)c1O)/C=N\OCCON=Cc1cc(cc(OC)c1O)C=C2. The molecule has 0 radical (unpaired) electrons. The van der Waals surface area contributed by atoms with E-state index < -0.39 is 11.5 Å². The van der Waals surface area contributed by atoms with Crippen LogP contribution in [0.3, 0.4) is 0 Å². The molecule has 0 aromatic heterocycles. The Morgan fingerprint density at radius 3 is 1.18 bits per heavy atom. The van der Waals surface area contributed by atoms with Crippen molar-refractivity contribution in [3.8, 4) is 34.5 Å². The monoisotopic (exact) mass is 606 g/mol. The van der Waals surface area contributed by atoms with Crippen LogP contribution in [0.1, 0.15) is 33.4 Å². The maximum Gasteiger partial charge on any atom is 0.167 e. The van der Waals surface area contributed by atoms with Crippen molar-refractivity contribution < 1.29 is 49.3 Å². The van der Waals surface area contributed by atoms with Crippen molar-refractivity contribution in [1.82, 2.24) is 0 Å². The van der Waals surface area contributed by atoms with Gasteiger partial charge in [0.1, 0.15) is 0 Å². The Bertz CT molecular complexity index is 1480. The highest BCUT2D eigenvalue weighted by Gasteiger charge is 2.12. The number of oxime groups is 4. The van der Waals surface area contributed by atoms with Crippen LogP contribution in [0.4, 0.5) is 0 Å². The zero-order valence-corrected chi connectivity index (χ0v) is 23.8. The molecule has 0 amide bonds. The molecule has 2 aliphatic rings. The molecule has 4 N–H and O–H groups in total. The van der Waals surface area contributed by atoms with Crippen molar-refractivity contribution in [3.63, 3.8) is 0 Å². The van der Waals surface area contributed by atoms with Gasteiger partial charge in [-0.1, -0.05) is 32.8 Å². The fourth-order valence-corrected chi connectivity index (χ4v) is 3.75. The molecule has 0 fully saturated rings. The van der Waals surface area contributed by atoms with E-state index in [2.05, 4.69) is 20.6 Å². The summed E-state index contributed by atoms with van der Waals surface area (Å²) >= 11 is 0. The number of nitrogens with zero attached hydrogens (tertiary/aromatic N) is 4. The number of hydrogen-bond acceptors (Lipinski definition) is 14. The quantitative estimate of drug-likeness (QED) is 0.313. The second-order valence-electron chi connectivity index (χ2n) is 8.87. The number of hydrogen-bond donors (Lipinski definition) is 4. The Labute approximate surface area is 251 Å². The Hall–Kier alpha value is -5.92. The Balaban J connectivity index is 1.60. The van der Waals surface area contributed by atoms with E-state index in [9.17, 15) is 20.4 Å². The molecule has 3 aromatic carbocycles. The van der Waals surface area contributed by atoms with Gasteiger partial charge in [-0.2, -0.15) is 0 Å². The highest BCUT2D eigenvalue weighted by Crippen LogP contribution is 2.34. The molecule has 230 valence electrons. The summed E-state index contributed by atoms with van der Waals surface area (Å²) in [6.07, 6.45) is 8.62. The minimum atomic E-state index is -0.427. The molecule has 5 rings (SSSR count). The van der Waals surface area contributed by atoms with Crippen molar-refractivity contribution in [3.05, 3.63) is 69.8 Å². The van der Waals surface area contributed by atoms with Crippen LogP contribution in [0, 0.1) is 0 Å². The minimum absolute atomic E-state index is 0.0211. The van der Waals surface area contributed by atoms with Gasteiger partial charge in [0.2, 0.25) is 0 Å². The predicted octanol–water partition coefficient (Wildman–Crippen LogP) is 3.81. The Morgan fingerprint density at radius 2 is 0.841 bits per heavy atom. The minimum Gasteiger partial charge on any atom is -0.504 e. The second kappa shape index (κ2) is 15.3. The summed E-state index contributed by atoms with van der Waals surface area (Å²) in [4.78, 5) is 20.6. The van der Waals surface area contributed by atoms with Crippen molar-refractivity contribution in [1.29, 1.82) is 0 Å². The molecule has 0 saturated carbocycles. The topological polar surface area (TPSA) is 186 Å². The summed E-state index contributed by atoms with van der Waals surface area (Å²) in [5, 5.41) is 56.9. The molecule has 2 heterocycles. The third kappa shape index (κ3) is 8.09. The lowest BCUT2D eigenvalue weighted by Crippen LogP contribution is -1.99. The van der Waals surface area contributed by atoms with Crippen LogP contribution >= 0.6 is 0 Å². The summed E-state index contributed by atoms with van der Waals surface area (Å²) in [6, 6.07) is 9.62. The van der Waals surface area contributed by atoms with E-state index in [1.54, 1.807) is 36.4 Å². The zero-order chi connectivity index (χ0) is 31.3. The number of rotatable bonds is 2. The van der Waals surface area contributed by atoms with Crippen molar-refractivity contribution >= 4 is 37.0 Å². The zero-order valence-electron chi connectivity index (χ0n) is 23.8. The molecular formula is C30H30N4O10. The van der Waals surface area contributed by atoms with Gasteiger partial charge in [-0.3, -0.25) is 0 Å². The summed E-state index contributed by atoms with van der Waals surface area (Å²) < 4.78 is 10.6. The van der Waals surface area contributed by atoms with Crippen molar-refractivity contribution in [2.24, 2.45) is 20.6 Å². The molecule has 14 heteroatoms.